The standard InChI is InChI=1S/C15H19BrF3N/c1-10-3-2-8-20-14(10)9-13(16)11-4-6-12(7-5-11)15(17,18)19/h2-3,8,11-13H,4-7,9H2,1H3. The molecule has 1 atom stereocenters. The Balaban J connectivity index is 1.89. The predicted octanol–water partition coefficient (Wildman–Crippen LogP) is 5.06. The van der Waals surface area contributed by atoms with Gasteiger partial charge in [0.1, 0.15) is 0 Å². The molecule has 0 aromatic carbocycles. The zero-order valence-corrected chi connectivity index (χ0v) is 13.0. The zero-order chi connectivity index (χ0) is 14.8. The zero-order valence-electron chi connectivity index (χ0n) is 11.5. The molecule has 0 aliphatic heterocycles. The van der Waals surface area contributed by atoms with E-state index in [0.29, 0.717) is 18.8 Å². The molecule has 20 heavy (non-hydrogen) atoms. The average molecular weight is 350 g/mol. The Labute approximate surface area is 126 Å². The first-order valence-electron chi connectivity index (χ1n) is 6.99. The molecule has 5 heteroatoms. The van der Waals surface area contributed by atoms with Crippen molar-refractivity contribution in [3.63, 3.8) is 0 Å². The van der Waals surface area contributed by atoms with Gasteiger partial charge in [0.05, 0.1) is 5.92 Å². The molecule has 0 N–H and O–H groups in total. The van der Waals surface area contributed by atoms with Gasteiger partial charge in [0.25, 0.3) is 0 Å². The lowest BCUT2D eigenvalue weighted by molar-refractivity contribution is -0.183. The van der Waals surface area contributed by atoms with Gasteiger partial charge in [-0.15, -0.1) is 0 Å². The van der Waals surface area contributed by atoms with E-state index in [-0.39, 0.29) is 17.7 Å². The number of pyridine rings is 1. The van der Waals surface area contributed by atoms with Crippen LogP contribution in [0.15, 0.2) is 18.3 Å². The Hall–Kier alpha value is -0.580. The maximum atomic E-state index is 12.6. The number of halogens is 4. The molecule has 0 amide bonds. The summed E-state index contributed by atoms with van der Waals surface area (Å²) in [5.74, 6) is -0.787. The molecule has 1 saturated carbocycles. The van der Waals surface area contributed by atoms with Crippen LogP contribution in [0.4, 0.5) is 13.2 Å². The van der Waals surface area contributed by atoms with Crippen LogP contribution < -0.4 is 0 Å². The summed E-state index contributed by atoms with van der Waals surface area (Å²) in [5, 5.41) is 0. The van der Waals surface area contributed by atoms with E-state index in [0.717, 1.165) is 17.7 Å². The predicted molar refractivity (Wildman–Crippen MR) is 76.9 cm³/mol. The molecular weight excluding hydrogens is 331 g/mol. The molecule has 0 spiro atoms. The number of hydrogen-bond acceptors (Lipinski definition) is 1. The first-order chi connectivity index (χ1) is 9.38. The van der Waals surface area contributed by atoms with E-state index in [1.165, 1.54) is 0 Å². The Morgan fingerprint density at radius 1 is 1.30 bits per heavy atom. The van der Waals surface area contributed by atoms with Crippen molar-refractivity contribution in [1.82, 2.24) is 4.98 Å². The molecule has 1 aliphatic carbocycles. The van der Waals surface area contributed by atoms with Crippen molar-refractivity contribution in [2.45, 2.75) is 50.0 Å². The number of aryl methyl sites for hydroxylation is 1. The quantitative estimate of drug-likeness (QED) is 0.694. The fourth-order valence-electron chi connectivity index (χ4n) is 2.89. The van der Waals surface area contributed by atoms with E-state index in [4.69, 9.17) is 0 Å². The molecule has 2 rings (SSSR count). The molecule has 112 valence electrons. The minimum atomic E-state index is -4.02. The molecule has 1 heterocycles. The van der Waals surface area contributed by atoms with Crippen molar-refractivity contribution in [2.24, 2.45) is 11.8 Å². The maximum Gasteiger partial charge on any atom is 0.391 e. The average Bonchev–Trinajstić information content (AvgIpc) is 2.40. The lowest BCUT2D eigenvalue weighted by Gasteiger charge is -2.32. The van der Waals surface area contributed by atoms with Crippen LogP contribution in [0.2, 0.25) is 0 Å². The van der Waals surface area contributed by atoms with E-state index in [1.807, 2.05) is 19.1 Å². The topological polar surface area (TPSA) is 12.9 Å². The fourth-order valence-corrected chi connectivity index (χ4v) is 3.73. The molecule has 1 nitrogen and oxygen atoms in total. The van der Waals surface area contributed by atoms with E-state index >= 15 is 0 Å². The number of alkyl halides is 4. The summed E-state index contributed by atoms with van der Waals surface area (Å²) in [7, 11) is 0. The van der Waals surface area contributed by atoms with Crippen LogP contribution in [-0.2, 0) is 6.42 Å². The van der Waals surface area contributed by atoms with Crippen LogP contribution in [-0.4, -0.2) is 16.0 Å². The van der Waals surface area contributed by atoms with Crippen molar-refractivity contribution >= 4 is 15.9 Å². The van der Waals surface area contributed by atoms with Gasteiger partial charge in [-0.05, 0) is 50.2 Å². The maximum absolute atomic E-state index is 12.6. The summed E-state index contributed by atoms with van der Waals surface area (Å²) in [5.41, 5.74) is 2.17. The van der Waals surface area contributed by atoms with Gasteiger partial charge in [0.2, 0.25) is 0 Å². The van der Waals surface area contributed by atoms with Crippen molar-refractivity contribution in [3.8, 4) is 0 Å². The normalized spacial score (nSPS) is 25.4. The second kappa shape index (κ2) is 6.46. The van der Waals surface area contributed by atoms with Crippen molar-refractivity contribution in [2.75, 3.05) is 0 Å². The van der Waals surface area contributed by atoms with Crippen LogP contribution in [0.3, 0.4) is 0 Å². The molecule has 1 aromatic heterocycles. The second-order valence-electron chi connectivity index (χ2n) is 5.64. The highest BCUT2D eigenvalue weighted by Gasteiger charge is 2.42. The lowest BCUT2D eigenvalue weighted by Crippen LogP contribution is -2.31. The Morgan fingerprint density at radius 3 is 2.50 bits per heavy atom. The number of nitrogens with zero attached hydrogens (tertiary/aromatic N) is 1. The molecule has 0 radical (unpaired) electrons. The molecule has 1 unspecified atom stereocenters. The van der Waals surface area contributed by atoms with Gasteiger partial charge in [0, 0.05) is 23.1 Å². The first kappa shape index (κ1) is 15.8. The summed E-state index contributed by atoms with van der Waals surface area (Å²) in [4.78, 5) is 4.57. The van der Waals surface area contributed by atoms with Gasteiger partial charge in [-0.2, -0.15) is 13.2 Å². The van der Waals surface area contributed by atoms with E-state index in [9.17, 15) is 13.2 Å². The largest absolute Gasteiger partial charge is 0.391 e. The Morgan fingerprint density at radius 2 is 1.95 bits per heavy atom. The highest BCUT2D eigenvalue weighted by Crippen LogP contribution is 2.42. The first-order valence-corrected chi connectivity index (χ1v) is 7.90. The minimum Gasteiger partial charge on any atom is -0.261 e. The summed E-state index contributed by atoms with van der Waals surface area (Å²) >= 11 is 3.66. The minimum absolute atomic E-state index is 0.213. The highest BCUT2D eigenvalue weighted by atomic mass is 79.9. The molecule has 1 fully saturated rings. The molecule has 0 saturated heterocycles. The van der Waals surface area contributed by atoms with E-state index in [1.54, 1.807) is 6.20 Å². The van der Waals surface area contributed by atoms with Gasteiger partial charge in [-0.1, -0.05) is 22.0 Å². The van der Waals surface area contributed by atoms with E-state index in [2.05, 4.69) is 20.9 Å². The van der Waals surface area contributed by atoms with Crippen molar-refractivity contribution in [3.05, 3.63) is 29.6 Å². The fraction of sp³-hybridized carbons (Fsp3) is 0.667. The Kier molecular flexibility index (Phi) is 5.10. The third-order valence-corrected chi connectivity index (χ3v) is 5.32. The van der Waals surface area contributed by atoms with Crippen LogP contribution in [0.1, 0.15) is 36.9 Å². The molecular formula is C15H19BrF3N. The Bertz CT molecular complexity index is 439. The van der Waals surface area contributed by atoms with Gasteiger partial charge in [-0.25, -0.2) is 0 Å². The van der Waals surface area contributed by atoms with Crippen LogP contribution in [0.25, 0.3) is 0 Å². The van der Waals surface area contributed by atoms with Crippen molar-refractivity contribution in [1.29, 1.82) is 0 Å². The smallest absolute Gasteiger partial charge is 0.261 e. The number of aromatic nitrogens is 1. The number of hydrogen-bond donors (Lipinski definition) is 0. The number of rotatable bonds is 3. The second-order valence-corrected chi connectivity index (χ2v) is 6.82. The monoisotopic (exact) mass is 349 g/mol. The third-order valence-electron chi connectivity index (χ3n) is 4.25. The van der Waals surface area contributed by atoms with Gasteiger partial charge < -0.3 is 0 Å². The van der Waals surface area contributed by atoms with Gasteiger partial charge in [-0.3, -0.25) is 4.98 Å². The molecule has 0 bridgehead atoms. The SMILES string of the molecule is Cc1cccnc1CC(Br)C1CCC(C(F)(F)F)CC1. The summed E-state index contributed by atoms with van der Waals surface area (Å²) in [6.07, 6.45) is 0.341. The van der Waals surface area contributed by atoms with Crippen LogP contribution in [0.5, 0.6) is 0 Å². The summed E-state index contributed by atoms with van der Waals surface area (Å²) < 4.78 is 37.9. The molecule has 1 aromatic rings. The van der Waals surface area contributed by atoms with E-state index < -0.39 is 12.1 Å². The van der Waals surface area contributed by atoms with Gasteiger partial charge in [0.15, 0.2) is 0 Å². The van der Waals surface area contributed by atoms with Gasteiger partial charge >= 0.3 is 6.18 Å². The highest BCUT2D eigenvalue weighted by molar-refractivity contribution is 9.09. The molecule has 1 aliphatic rings. The van der Waals surface area contributed by atoms with Crippen LogP contribution in [0, 0.1) is 18.8 Å². The lowest BCUT2D eigenvalue weighted by atomic mass is 9.79. The third kappa shape index (κ3) is 3.96. The van der Waals surface area contributed by atoms with Crippen LogP contribution >= 0.6 is 15.9 Å². The summed E-state index contributed by atoms with van der Waals surface area (Å²) in [6.45, 7) is 2.02. The van der Waals surface area contributed by atoms with Crippen molar-refractivity contribution < 1.29 is 13.2 Å². The summed E-state index contributed by atoms with van der Waals surface area (Å²) in [6, 6.07) is 3.92.